The molecule has 0 unspecified atom stereocenters. The Morgan fingerprint density at radius 3 is 2.68 bits per heavy atom. The quantitative estimate of drug-likeness (QED) is 0.580. The molecule has 0 saturated heterocycles. The molecule has 2 aromatic rings. The summed E-state index contributed by atoms with van der Waals surface area (Å²) in [5, 5.41) is 11.4. The number of ether oxygens (including phenoxy) is 1. The molecule has 34 heavy (non-hydrogen) atoms. The van der Waals surface area contributed by atoms with E-state index in [1.54, 1.807) is 6.07 Å². The van der Waals surface area contributed by atoms with E-state index in [9.17, 15) is 13.2 Å². The molecular weight excluding hydrogens is 476 g/mol. The van der Waals surface area contributed by atoms with Gasteiger partial charge in [-0.15, -0.1) is 0 Å². The molecule has 1 aliphatic heterocycles. The van der Waals surface area contributed by atoms with E-state index in [0.717, 1.165) is 42.0 Å². The van der Waals surface area contributed by atoms with E-state index < -0.39 is 9.84 Å². The second kappa shape index (κ2) is 9.07. The zero-order chi connectivity index (χ0) is 24.8. The van der Waals surface area contributed by atoms with Crippen LogP contribution in [0.3, 0.4) is 0 Å². The smallest absolute Gasteiger partial charge is 0.407 e. The molecule has 8 nitrogen and oxygen atoms in total. The number of nitrogens with zero attached hydrogens (tertiary/aromatic N) is 2. The van der Waals surface area contributed by atoms with Gasteiger partial charge in [0.1, 0.15) is 11.9 Å². The first-order valence-corrected chi connectivity index (χ1v) is 13.8. The number of alkyl carbamates (subject to hydrolysis) is 1. The van der Waals surface area contributed by atoms with E-state index >= 15 is 0 Å². The van der Waals surface area contributed by atoms with Crippen molar-refractivity contribution in [3.8, 4) is 0 Å². The largest absolute Gasteiger partial charge is 0.446 e. The molecule has 4 rings (SSSR count). The molecule has 1 aromatic heterocycles. The number of carbonyl (C=O) groups excluding carboxylic acids is 1. The van der Waals surface area contributed by atoms with Gasteiger partial charge in [-0.3, -0.25) is 0 Å². The zero-order valence-electron chi connectivity index (χ0n) is 20.3. The highest BCUT2D eigenvalue weighted by molar-refractivity contribution is 7.91. The number of benzene rings is 1. The van der Waals surface area contributed by atoms with E-state index in [0.29, 0.717) is 6.42 Å². The molecule has 2 N–H and O–H groups in total. The molecule has 2 heterocycles. The first-order valence-electron chi connectivity index (χ1n) is 11.7. The van der Waals surface area contributed by atoms with Crippen LogP contribution in [-0.2, 0) is 26.5 Å². The van der Waals surface area contributed by atoms with E-state index in [4.69, 9.17) is 21.4 Å². The molecule has 1 fully saturated rings. The van der Waals surface area contributed by atoms with Gasteiger partial charge in [-0.2, -0.15) is 5.10 Å². The third kappa shape index (κ3) is 5.05. The molecule has 1 amide bonds. The Labute approximate surface area is 206 Å². The van der Waals surface area contributed by atoms with Crippen molar-refractivity contribution >= 4 is 39.0 Å². The van der Waals surface area contributed by atoms with Crippen LogP contribution in [0.2, 0.25) is 5.02 Å². The minimum Gasteiger partial charge on any atom is -0.446 e. The number of amides is 1. The number of hydrogen-bond donors (Lipinski definition) is 2. The highest BCUT2D eigenvalue weighted by Crippen LogP contribution is 2.41. The van der Waals surface area contributed by atoms with Crippen molar-refractivity contribution in [2.24, 2.45) is 0 Å². The van der Waals surface area contributed by atoms with Gasteiger partial charge in [0.05, 0.1) is 26.9 Å². The molecule has 2 atom stereocenters. The molecule has 0 bridgehead atoms. The fourth-order valence-electron chi connectivity index (χ4n) is 4.71. The Hall–Kier alpha value is -2.26. The lowest BCUT2D eigenvalue weighted by atomic mass is 10.0. The topological polar surface area (TPSA) is 102 Å². The Bertz CT molecular complexity index is 1200. The molecule has 0 radical (unpaired) electrons. The maximum Gasteiger partial charge on any atom is 0.407 e. The summed E-state index contributed by atoms with van der Waals surface area (Å²) >= 11 is 6.24. The number of hydrogen-bond acceptors (Lipinski definition) is 6. The number of carbonyl (C=O) groups is 1. The lowest BCUT2D eigenvalue weighted by Gasteiger charge is -2.23. The first kappa shape index (κ1) is 24.9. The second-order valence-corrected chi connectivity index (χ2v) is 12.9. The van der Waals surface area contributed by atoms with Crippen LogP contribution < -0.4 is 10.6 Å². The highest BCUT2D eigenvalue weighted by atomic mass is 35.5. The minimum absolute atomic E-state index is 0.0325. The van der Waals surface area contributed by atoms with Crippen molar-refractivity contribution in [1.82, 2.24) is 15.1 Å². The normalized spacial score (nSPS) is 21.5. The van der Waals surface area contributed by atoms with Gasteiger partial charge in [-0.1, -0.05) is 11.6 Å². The van der Waals surface area contributed by atoms with Gasteiger partial charge in [0.15, 0.2) is 9.84 Å². The van der Waals surface area contributed by atoms with Gasteiger partial charge >= 0.3 is 6.09 Å². The maximum atomic E-state index is 12.5. The number of aromatic nitrogens is 2. The summed E-state index contributed by atoms with van der Waals surface area (Å²) in [6.07, 6.45) is 2.32. The van der Waals surface area contributed by atoms with Crippen molar-refractivity contribution in [2.75, 3.05) is 11.1 Å². The van der Waals surface area contributed by atoms with Crippen molar-refractivity contribution in [1.29, 1.82) is 0 Å². The number of rotatable bonds is 5. The van der Waals surface area contributed by atoms with Gasteiger partial charge in [0, 0.05) is 23.7 Å². The Morgan fingerprint density at radius 1 is 1.26 bits per heavy atom. The average molecular weight is 509 g/mol. The standard InChI is InChI=1S/C24H33ClN4O4S/c1-14(2)26-23(30)33-16-7-6-15(12-16)20-13-21(29(28-20)24(3,4)5)27-19-9-8-18(25)22-17(19)10-11-34(22,31)32/h8-9,13-16,27H,6-7,10-12H2,1-5H3,(H,26,30)/t15-,16+/m0/s1. The van der Waals surface area contributed by atoms with Crippen LogP contribution in [0.4, 0.5) is 16.3 Å². The summed E-state index contributed by atoms with van der Waals surface area (Å²) in [5.74, 6) is 1.04. The van der Waals surface area contributed by atoms with Crippen LogP contribution in [0.25, 0.3) is 0 Å². The number of anilines is 2. The fourth-order valence-corrected chi connectivity index (χ4v) is 6.87. The average Bonchev–Trinajstić information content (AvgIpc) is 3.40. The molecule has 10 heteroatoms. The number of nitrogens with one attached hydrogen (secondary N) is 2. The van der Waals surface area contributed by atoms with Crippen LogP contribution in [0, 0.1) is 0 Å². The number of halogens is 1. The third-order valence-electron chi connectivity index (χ3n) is 6.25. The summed E-state index contributed by atoms with van der Waals surface area (Å²) in [6.45, 7) is 10.0. The molecular formula is C24H33ClN4O4S. The van der Waals surface area contributed by atoms with E-state index in [2.05, 4.69) is 31.4 Å². The monoisotopic (exact) mass is 508 g/mol. The first-order chi connectivity index (χ1) is 15.8. The van der Waals surface area contributed by atoms with Crippen molar-refractivity contribution < 1.29 is 17.9 Å². The van der Waals surface area contributed by atoms with E-state index in [1.807, 2.05) is 30.7 Å². The lowest BCUT2D eigenvalue weighted by molar-refractivity contribution is 0.0981. The van der Waals surface area contributed by atoms with Gasteiger partial charge in [0.25, 0.3) is 0 Å². The summed E-state index contributed by atoms with van der Waals surface area (Å²) in [7, 11) is -3.36. The van der Waals surface area contributed by atoms with E-state index in [-0.39, 0.29) is 45.4 Å². The summed E-state index contributed by atoms with van der Waals surface area (Å²) in [5.41, 5.74) is 2.09. The predicted molar refractivity (Wildman–Crippen MR) is 133 cm³/mol. The van der Waals surface area contributed by atoms with Gasteiger partial charge in [-0.05, 0) is 78.0 Å². The second-order valence-electron chi connectivity index (χ2n) is 10.5. The van der Waals surface area contributed by atoms with E-state index in [1.165, 1.54) is 0 Å². The molecule has 1 aromatic carbocycles. The molecule has 186 valence electrons. The van der Waals surface area contributed by atoms with Gasteiger partial charge in [0.2, 0.25) is 0 Å². The van der Waals surface area contributed by atoms with Crippen molar-refractivity contribution in [3.05, 3.63) is 34.5 Å². The highest BCUT2D eigenvalue weighted by Gasteiger charge is 2.34. The van der Waals surface area contributed by atoms with Crippen LogP contribution >= 0.6 is 11.6 Å². The van der Waals surface area contributed by atoms with Crippen molar-refractivity contribution in [3.63, 3.8) is 0 Å². The van der Waals surface area contributed by atoms with Crippen LogP contribution in [0.5, 0.6) is 0 Å². The molecule has 1 aliphatic carbocycles. The Morgan fingerprint density at radius 2 is 2.00 bits per heavy atom. The SMILES string of the molecule is CC(C)NC(=O)O[C@@H]1CC[C@H](c2cc(Nc3ccc(Cl)c4c3CCS4(=O)=O)n(C(C)(C)C)n2)C1. The molecule has 2 aliphatic rings. The molecule has 1 saturated carbocycles. The number of fused-ring (bicyclic) bond motifs is 1. The summed E-state index contributed by atoms with van der Waals surface area (Å²) in [4.78, 5) is 12.2. The van der Waals surface area contributed by atoms with Gasteiger partial charge in [-0.25, -0.2) is 17.9 Å². The van der Waals surface area contributed by atoms with Crippen LogP contribution in [-0.4, -0.2) is 42.2 Å². The molecule has 0 spiro atoms. The van der Waals surface area contributed by atoms with Gasteiger partial charge < -0.3 is 15.4 Å². The fraction of sp³-hybridized carbons (Fsp3) is 0.583. The number of sulfone groups is 1. The predicted octanol–water partition coefficient (Wildman–Crippen LogP) is 5.14. The Balaban J connectivity index is 1.58. The maximum absolute atomic E-state index is 12.5. The summed E-state index contributed by atoms with van der Waals surface area (Å²) in [6, 6.07) is 5.52. The zero-order valence-corrected chi connectivity index (χ0v) is 21.9. The van der Waals surface area contributed by atoms with Crippen LogP contribution in [0.1, 0.15) is 71.1 Å². The third-order valence-corrected chi connectivity index (χ3v) is 8.51. The summed E-state index contributed by atoms with van der Waals surface area (Å²) < 4.78 is 32.5. The minimum atomic E-state index is -3.36. The Kier molecular flexibility index (Phi) is 6.63. The van der Waals surface area contributed by atoms with Crippen LogP contribution in [0.15, 0.2) is 23.1 Å². The lowest BCUT2D eigenvalue weighted by Crippen LogP contribution is -2.33. The van der Waals surface area contributed by atoms with Crippen molar-refractivity contribution in [2.45, 2.75) is 88.8 Å².